The van der Waals surface area contributed by atoms with Gasteiger partial charge in [0.2, 0.25) is 5.91 Å². The van der Waals surface area contributed by atoms with Crippen LogP contribution in [0.4, 0.5) is 5.69 Å². The largest absolute Gasteiger partial charge is 0.323 e. The lowest BCUT2D eigenvalue weighted by molar-refractivity contribution is -0.117. The molecule has 2 heterocycles. The van der Waals surface area contributed by atoms with Crippen LogP contribution in [0.15, 0.2) is 36.7 Å². The summed E-state index contributed by atoms with van der Waals surface area (Å²) in [6, 6.07) is 8.39. The number of nitrogens with one attached hydrogen (secondary N) is 2. The van der Waals surface area contributed by atoms with E-state index < -0.39 is 0 Å². The molecular weight excluding hydrogens is 264 g/mol. The fourth-order valence-corrected chi connectivity index (χ4v) is 2.64. The van der Waals surface area contributed by atoms with Crippen molar-refractivity contribution in [3.8, 4) is 0 Å². The Bertz CT molecular complexity index is 647. The summed E-state index contributed by atoms with van der Waals surface area (Å²) >= 11 is 0. The number of carbonyl (C=O) groups is 1. The van der Waals surface area contributed by atoms with Gasteiger partial charge in [0, 0.05) is 25.3 Å². The van der Waals surface area contributed by atoms with Gasteiger partial charge in [0.1, 0.15) is 0 Å². The number of fused-ring (bicyclic) bond motifs is 1. The van der Waals surface area contributed by atoms with Gasteiger partial charge in [-0.3, -0.25) is 9.48 Å². The Kier molecular flexibility index (Phi) is 3.75. The van der Waals surface area contributed by atoms with Gasteiger partial charge in [-0.2, -0.15) is 5.10 Å². The van der Waals surface area contributed by atoms with Crippen molar-refractivity contribution in [2.45, 2.75) is 32.4 Å². The molecule has 0 radical (unpaired) electrons. The molecule has 5 nitrogen and oxygen atoms in total. The Labute approximate surface area is 124 Å². The zero-order valence-corrected chi connectivity index (χ0v) is 12.3. The number of aromatic nitrogens is 2. The van der Waals surface area contributed by atoms with Crippen LogP contribution < -0.4 is 10.6 Å². The Morgan fingerprint density at radius 1 is 1.43 bits per heavy atom. The van der Waals surface area contributed by atoms with Crippen LogP contribution >= 0.6 is 0 Å². The fraction of sp³-hybridized carbons (Fsp3) is 0.375. The van der Waals surface area contributed by atoms with E-state index in [0.717, 1.165) is 17.8 Å². The molecule has 1 aliphatic rings. The molecule has 0 saturated carbocycles. The van der Waals surface area contributed by atoms with Gasteiger partial charge >= 0.3 is 0 Å². The molecule has 1 aromatic carbocycles. The zero-order chi connectivity index (χ0) is 14.8. The van der Waals surface area contributed by atoms with Gasteiger partial charge in [-0.1, -0.05) is 24.3 Å². The molecule has 0 saturated heterocycles. The van der Waals surface area contributed by atoms with E-state index in [2.05, 4.69) is 35.6 Å². The van der Waals surface area contributed by atoms with Crippen LogP contribution in [-0.4, -0.2) is 22.2 Å². The number of benzene rings is 1. The molecule has 110 valence electrons. The van der Waals surface area contributed by atoms with Gasteiger partial charge in [0.25, 0.3) is 0 Å². The second-order valence-corrected chi connectivity index (χ2v) is 5.67. The maximum atomic E-state index is 12.5. The summed E-state index contributed by atoms with van der Waals surface area (Å²) in [7, 11) is 0. The lowest BCUT2D eigenvalue weighted by Gasteiger charge is -2.25. The minimum atomic E-state index is -0.155. The molecule has 3 rings (SSSR count). The first-order valence-electron chi connectivity index (χ1n) is 7.28. The van der Waals surface area contributed by atoms with Gasteiger partial charge in [0.15, 0.2) is 0 Å². The smallest absolute Gasteiger partial charge is 0.233 e. The van der Waals surface area contributed by atoms with Crippen molar-refractivity contribution in [3.63, 3.8) is 0 Å². The average molecular weight is 284 g/mol. The van der Waals surface area contributed by atoms with E-state index >= 15 is 0 Å². The third-order valence-electron chi connectivity index (χ3n) is 3.81. The molecule has 5 heteroatoms. The highest BCUT2D eigenvalue weighted by atomic mass is 16.1. The predicted octanol–water partition coefficient (Wildman–Crippen LogP) is 2.29. The van der Waals surface area contributed by atoms with Crippen LogP contribution in [0.5, 0.6) is 0 Å². The molecule has 1 atom stereocenters. The number of rotatable bonds is 3. The molecule has 1 aliphatic heterocycles. The summed E-state index contributed by atoms with van der Waals surface area (Å²) in [5.41, 5.74) is 3.06. The minimum absolute atomic E-state index is 0.0120. The van der Waals surface area contributed by atoms with Crippen molar-refractivity contribution >= 4 is 11.6 Å². The third kappa shape index (κ3) is 2.83. The molecule has 1 amide bonds. The van der Waals surface area contributed by atoms with Crippen molar-refractivity contribution in [2.75, 3.05) is 11.9 Å². The van der Waals surface area contributed by atoms with Gasteiger partial charge in [-0.05, 0) is 25.0 Å². The highest BCUT2D eigenvalue weighted by molar-refractivity contribution is 5.96. The lowest BCUT2D eigenvalue weighted by atomic mass is 9.90. The van der Waals surface area contributed by atoms with Gasteiger partial charge < -0.3 is 10.6 Å². The highest BCUT2D eigenvalue weighted by Crippen LogP contribution is 2.25. The topological polar surface area (TPSA) is 59.0 Å². The van der Waals surface area contributed by atoms with Crippen molar-refractivity contribution in [2.24, 2.45) is 0 Å². The van der Waals surface area contributed by atoms with Gasteiger partial charge in [0.05, 0.1) is 17.8 Å². The summed E-state index contributed by atoms with van der Waals surface area (Å²) in [6.45, 7) is 5.60. The normalized spacial score (nSPS) is 17.6. The fourth-order valence-electron chi connectivity index (χ4n) is 2.64. The summed E-state index contributed by atoms with van der Waals surface area (Å²) in [5.74, 6) is -0.143. The number of nitrogens with zero attached hydrogens (tertiary/aromatic N) is 2. The maximum absolute atomic E-state index is 12.5. The van der Waals surface area contributed by atoms with E-state index in [4.69, 9.17) is 0 Å². The SMILES string of the molecule is CC(C)n1cc(NC(=O)C2CNCc3ccccc32)cn1. The second-order valence-electron chi connectivity index (χ2n) is 5.67. The van der Waals surface area contributed by atoms with Crippen LogP contribution in [0, 0.1) is 0 Å². The van der Waals surface area contributed by atoms with Crippen molar-refractivity contribution in [3.05, 3.63) is 47.8 Å². The number of anilines is 1. The summed E-state index contributed by atoms with van der Waals surface area (Å²) < 4.78 is 1.84. The van der Waals surface area contributed by atoms with Crippen LogP contribution in [0.1, 0.15) is 36.9 Å². The number of hydrogen-bond acceptors (Lipinski definition) is 3. The molecule has 21 heavy (non-hydrogen) atoms. The van der Waals surface area contributed by atoms with Crippen LogP contribution in [0.2, 0.25) is 0 Å². The molecule has 2 aromatic rings. The van der Waals surface area contributed by atoms with E-state index in [1.54, 1.807) is 6.20 Å². The Hall–Kier alpha value is -2.14. The monoisotopic (exact) mass is 284 g/mol. The van der Waals surface area contributed by atoms with Gasteiger partial charge in [-0.15, -0.1) is 0 Å². The molecule has 2 N–H and O–H groups in total. The van der Waals surface area contributed by atoms with E-state index in [1.165, 1.54) is 5.56 Å². The van der Waals surface area contributed by atoms with Crippen molar-refractivity contribution in [1.29, 1.82) is 0 Å². The van der Waals surface area contributed by atoms with Crippen molar-refractivity contribution < 1.29 is 4.79 Å². The molecule has 1 unspecified atom stereocenters. The zero-order valence-electron chi connectivity index (χ0n) is 12.3. The first-order chi connectivity index (χ1) is 10.1. The van der Waals surface area contributed by atoms with Crippen LogP contribution in [-0.2, 0) is 11.3 Å². The molecule has 1 aromatic heterocycles. The predicted molar refractivity (Wildman–Crippen MR) is 82.1 cm³/mol. The lowest BCUT2D eigenvalue weighted by Crippen LogP contribution is -2.35. The van der Waals surface area contributed by atoms with E-state index in [0.29, 0.717) is 6.54 Å². The Morgan fingerprint density at radius 3 is 3.00 bits per heavy atom. The molecule has 0 aliphatic carbocycles. The number of hydrogen-bond donors (Lipinski definition) is 2. The first-order valence-corrected chi connectivity index (χ1v) is 7.28. The quantitative estimate of drug-likeness (QED) is 0.909. The molecule has 0 bridgehead atoms. The minimum Gasteiger partial charge on any atom is -0.323 e. The Morgan fingerprint density at radius 2 is 2.24 bits per heavy atom. The van der Waals surface area contributed by atoms with E-state index in [9.17, 15) is 4.79 Å². The number of amides is 1. The van der Waals surface area contributed by atoms with E-state index in [-0.39, 0.29) is 17.9 Å². The Balaban J connectivity index is 1.77. The summed E-state index contributed by atoms with van der Waals surface area (Å²) in [6.07, 6.45) is 3.56. The molecule has 0 fully saturated rings. The third-order valence-corrected chi connectivity index (χ3v) is 3.81. The van der Waals surface area contributed by atoms with Crippen molar-refractivity contribution in [1.82, 2.24) is 15.1 Å². The first kappa shape index (κ1) is 13.8. The second kappa shape index (κ2) is 5.69. The van der Waals surface area contributed by atoms with Crippen LogP contribution in [0.3, 0.4) is 0 Å². The molecular formula is C16H20N4O. The number of carbonyl (C=O) groups excluding carboxylic acids is 1. The van der Waals surface area contributed by atoms with Crippen LogP contribution in [0.25, 0.3) is 0 Å². The summed E-state index contributed by atoms with van der Waals surface area (Å²) in [4.78, 5) is 12.5. The highest BCUT2D eigenvalue weighted by Gasteiger charge is 2.26. The van der Waals surface area contributed by atoms with Gasteiger partial charge in [-0.25, -0.2) is 0 Å². The standard InChI is InChI=1S/C16H20N4O/c1-11(2)20-10-13(8-18-20)19-16(21)15-9-17-7-12-5-3-4-6-14(12)15/h3-6,8,10-11,15,17H,7,9H2,1-2H3,(H,19,21). The maximum Gasteiger partial charge on any atom is 0.233 e. The summed E-state index contributed by atoms with van der Waals surface area (Å²) in [5, 5.41) is 10.5. The average Bonchev–Trinajstić information content (AvgIpc) is 2.95. The molecule has 0 spiro atoms. The van der Waals surface area contributed by atoms with E-state index in [1.807, 2.05) is 29.1 Å².